The predicted octanol–water partition coefficient (Wildman–Crippen LogP) is 6.44. The Kier molecular flexibility index (Phi) is 11.2. The number of nitrogens with two attached hydrogens (primary N) is 1. The summed E-state index contributed by atoms with van der Waals surface area (Å²) in [7, 11) is 1.70. The van der Waals surface area contributed by atoms with Crippen molar-refractivity contribution in [3.63, 3.8) is 0 Å². The topological polar surface area (TPSA) is 74.8 Å². The summed E-state index contributed by atoms with van der Waals surface area (Å²) in [4.78, 5) is 3.88. The summed E-state index contributed by atoms with van der Waals surface area (Å²) in [6.07, 6.45) is 11.3. The van der Waals surface area contributed by atoms with Crippen LogP contribution in [-0.4, -0.2) is 29.9 Å². The van der Waals surface area contributed by atoms with E-state index in [2.05, 4.69) is 50.9 Å². The number of rotatable bonds is 3. The summed E-state index contributed by atoms with van der Waals surface area (Å²) >= 11 is 0. The van der Waals surface area contributed by atoms with Crippen molar-refractivity contribution in [2.24, 2.45) is 10.7 Å². The molecule has 1 aliphatic rings. The fourth-order valence-corrected chi connectivity index (χ4v) is 3.02. The highest BCUT2D eigenvalue weighted by Gasteiger charge is 2.07. The lowest BCUT2D eigenvalue weighted by molar-refractivity contribution is -0.706. The quantitative estimate of drug-likeness (QED) is 0.197. The van der Waals surface area contributed by atoms with Gasteiger partial charge in [0, 0.05) is 29.5 Å². The van der Waals surface area contributed by atoms with Crippen molar-refractivity contribution in [2.75, 3.05) is 7.05 Å². The summed E-state index contributed by atoms with van der Waals surface area (Å²) in [5.74, 6) is 1.48. The van der Waals surface area contributed by atoms with Crippen LogP contribution < -0.4 is 5.73 Å². The molecule has 5 heteroatoms. The molecular formula is C26H34N3O2+. The van der Waals surface area contributed by atoms with Crippen LogP contribution in [0.5, 0.6) is 0 Å². The number of benzene rings is 1. The molecule has 1 aromatic heterocycles. The van der Waals surface area contributed by atoms with Crippen LogP contribution in [0.2, 0.25) is 0 Å². The van der Waals surface area contributed by atoms with E-state index in [9.17, 15) is 0 Å². The summed E-state index contributed by atoms with van der Waals surface area (Å²) in [5, 5.41) is 9.14. The maximum atomic E-state index is 9.14. The van der Waals surface area contributed by atoms with Crippen molar-refractivity contribution < 1.29 is 14.4 Å². The molecule has 0 saturated heterocycles. The van der Waals surface area contributed by atoms with Gasteiger partial charge in [-0.05, 0) is 74.7 Å². The fraction of sp³-hybridized carbons (Fsp3) is 0.231. The fourth-order valence-electron chi connectivity index (χ4n) is 3.02. The molecule has 1 aliphatic carbocycles. The van der Waals surface area contributed by atoms with Gasteiger partial charge in [0.15, 0.2) is 6.72 Å². The molecule has 3 rings (SSSR count). The Bertz CT molecular complexity index is 957. The van der Waals surface area contributed by atoms with E-state index >= 15 is 0 Å². The molecule has 5 nitrogen and oxygen atoms in total. The van der Waals surface area contributed by atoms with Gasteiger partial charge in [-0.25, -0.2) is 0 Å². The molecule has 1 aromatic carbocycles. The Morgan fingerprint density at radius 1 is 1.16 bits per heavy atom. The molecule has 0 atom stereocenters. The Morgan fingerprint density at radius 2 is 1.84 bits per heavy atom. The van der Waals surface area contributed by atoms with Crippen molar-refractivity contribution in [2.45, 2.75) is 33.1 Å². The van der Waals surface area contributed by atoms with Crippen LogP contribution in [0.4, 0.5) is 5.69 Å². The van der Waals surface area contributed by atoms with E-state index in [4.69, 9.17) is 15.4 Å². The van der Waals surface area contributed by atoms with Gasteiger partial charge in [-0.2, -0.15) is 0 Å². The van der Waals surface area contributed by atoms with Gasteiger partial charge >= 0.3 is 0 Å². The minimum absolute atomic E-state index is 0.621. The van der Waals surface area contributed by atoms with E-state index in [1.807, 2.05) is 24.3 Å². The second kappa shape index (κ2) is 13.6. The summed E-state index contributed by atoms with van der Waals surface area (Å²) < 4.78 is 6.39. The predicted molar refractivity (Wildman–Crippen MR) is 131 cm³/mol. The second-order valence-corrected chi connectivity index (χ2v) is 6.94. The average Bonchev–Trinajstić information content (AvgIpc) is 3.11. The number of aliphatic imine (C=N–C) groups is 1. The normalized spacial score (nSPS) is 14.3. The van der Waals surface area contributed by atoms with Gasteiger partial charge in [-0.15, -0.1) is 13.2 Å². The molecule has 0 fully saturated rings. The van der Waals surface area contributed by atoms with Crippen molar-refractivity contribution in [1.29, 1.82) is 0 Å². The van der Waals surface area contributed by atoms with E-state index < -0.39 is 0 Å². The lowest BCUT2D eigenvalue weighted by Gasteiger charge is -2.06. The largest absolute Gasteiger partial charge is 0.455 e. The number of hydrogen-bond donors (Lipinski definition) is 2. The van der Waals surface area contributed by atoms with Gasteiger partial charge in [0.1, 0.15) is 11.5 Å². The molecule has 0 spiro atoms. The third kappa shape index (κ3) is 7.97. The summed E-state index contributed by atoms with van der Waals surface area (Å²) in [6.45, 7) is 13.7. The first-order chi connectivity index (χ1) is 15.0. The third-order valence-corrected chi connectivity index (χ3v) is 4.52. The third-order valence-electron chi connectivity index (χ3n) is 4.52. The minimum Gasteiger partial charge on any atom is -0.455 e. The smallest absolute Gasteiger partial charge is 0.256 e. The molecular weight excluding hydrogens is 386 g/mol. The van der Waals surface area contributed by atoms with Crippen molar-refractivity contribution in [1.82, 2.24) is 0 Å². The molecule has 0 aliphatic heterocycles. The number of hydrogen-bond acceptors (Lipinski definition) is 4. The minimum atomic E-state index is 0.621. The molecule has 31 heavy (non-hydrogen) atoms. The number of allylic oxidation sites excluding steroid dienone is 5. The van der Waals surface area contributed by atoms with Crippen LogP contribution >= 0.6 is 0 Å². The van der Waals surface area contributed by atoms with Crippen molar-refractivity contribution in [3.05, 3.63) is 90.4 Å². The lowest BCUT2D eigenvalue weighted by Crippen LogP contribution is -1.92. The summed E-state index contributed by atoms with van der Waals surface area (Å²) in [6, 6.07) is 11.0. The zero-order valence-corrected chi connectivity index (χ0v) is 18.8. The highest BCUT2D eigenvalue weighted by atomic mass is 16.5. The molecule has 0 unspecified atom stereocenters. The van der Waals surface area contributed by atoms with E-state index in [0.717, 1.165) is 22.5 Å². The molecule has 0 amide bonds. The van der Waals surface area contributed by atoms with Gasteiger partial charge in [-0.3, -0.25) is 10.2 Å². The van der Waals surface area contributed by atoms with Gasteiger partial charge in [0.2, 0.25) is 0 Å². The molecule has 164 valence electrons. The Hall–Kier alpha value is -3.60. The molecule has 0 bridgehead atoms. The van der Waals surface area contributed by atoms with Gasteiger partial charge < -0.3 is 10.2 Å². The molecule has 0 saturated carbocycles. The zero-order valence-electron chi connectivity index (χ0n) is 18.8. The van der Waals surface area contributed by atoms with E-state index in [1.54, 1.807) is 31.6 Å². The first kappa shape index (κ1) is 25.4. The standard InChI is InChI=1S/C13H13N2O2.C11H17N.C2H4/c1-14-9-12-7-8-13(17-12)10-3-5-11(6-4-10)15(2)16;1-9(2)11-7-5-3-4-6-10(11)8-12;1-2/h3-9,16H,2H2,1H3;5,7-8H,3-4,6,12H2,1-2H3;1-2H2/q+1;;/b;10-8-;. The first-order valence-electron chi connectivity index (χ1n) is 10.1. The van der Waals surface area contributed by atoms with Gasteiger partial charge in [0.05, 0.1) is 6.21 Å². The highest BCUT2D eigenvalue weighted by molar-refractivity contribution is 5.77. The van der Waals surface area contributed by atoms with E-state index in [1.165, 1.54) is 29.6 Å². The Labute approximate surface area is 185 Å². The van der Waals surface area contributed by atoms with Crippen LogP contribution in [0.25, 0.3) is 11.3 Å². The average molecular weight is 421 g/mol. The molecule has 1 heterocycles. The van der Waals surface area contributed by atoms with Crippen LogP contribution in [-0.2, 0) is 0 Å². The van der Waals surface area contributed by atoms with Crippen LogP contribution in [0, 0.1) is 0 Å². The monoisotopic (exact) mass is 420 g/mol. The van der Waals surface area contributed by atoms with Crippen LogP contribution in [0.15, 0.2) is 94.0 Å². The molecule has 3 N–H and O–H groups in total. The van der Waals surface area contributed by atoms with Crippen LogP contribution in [0.3, 0.4) is 0 Å². The SMILES string of the molecule is C=C.C=[N+](O)c1ccc(-c2ccc(C=NC)o2)cc1.CC(C)=C1C=CCCC/C1=C/N. The molecule has 0 radical (unpaired) electrons. The number of furan rings is 1. The van der Waals surface area contributed by atoms with Crippen LogP contribution in [0.1, 0.15) is 38.9 Å². The summed E-state index contributed by atoms with van der Waals surface area (Å²) in [5.41, 5.74) is 11.1. The Morgan fingerprint density at radius 3 is 2.39 bits per heavy atom. The second-order valence-electron chi connectivity index (χ2n) is 6.94. The highest BCUT2D eigenvalue weighted by Crippen LogP contribution is 2.25. The first-order valence-corrected chi connectivity index (χ1v) is 10.1. The van der Waals surface area contributed by atoms with Crippen molar-refractivity contribution in [3.8, 4) is 11.3 Å². The maximum Gasteiger partial charge on any atom is 0.256 e. The Balaban J connectivity index is 0.000000303. The van der Waals surface area contributed by atoms with E-state index in [-0.39, 0.29) is 0 Å². The zero-order chi connectivity index (χ0) is 23.2. The van der Waals surface area contributed by atoms with Gasteiger partial charge in [-0.1, -0.05) is 17.7 Å². The maximum absolute atomic E-state index is 9.14. The van der Waals surface area contributed by atoms with Gasteiger partial charge in [0.25, 0.3) is 5.69 Å². The lowest BCUT2D eigenvalue weighted by atomic mass is 10.0. The van der Waals surface area contributed by atoms with Crippen molar-refractivity contribution >= 4 is 18.6 Å². The molecule has 2 aromatic rings. The number of nitrogens with zero attached hydrogens (tertiary/aromatic N) is 2. The van der Waals surface area contributed by atoms with E-state index in [0.29, 0.717) is 11.4 Å².